The maximum absolute atomic E-state index is 9.64. The van der Waals surface area contributed by atoms with E-state index in [1.165, 1.54) is 11.1 Å². The first-order valence-corrected chi connectivity index (χ1v) is 7.20. The highest BCUT2D eigenvalue weighted by Crippen LogP contribution is 2.25. The van der Waals surface area contributed by atoms with E-state index in [1.54, 1.807) is 0 Å². The second-order valence-electron chi connectivity index (χ2n) is 4.99. The van der Waals surface area contributed by atoms with Gasteiger partial charge in [0.25, 0.3) is 0 Å². The van der Waals surface area contributed by atoms with Crippen LogP contribution in [0.4, 0.5) is 0 Å². The number of hydrogen-bond donors (Lipinski definition) is 3. The Bertz CT molecular complexity index is 490. The fraction of sp³-hybridized carbons (Fsp3) is 0.467. The summed E-state index contributed by atoms with van der Waals surface area (Å²) >= 11 is 5.97. The number of halogens is 1. The largest absolute Gasteiger partial charge is 0.481 e. The highest BCUT2D eigenvalue weighted by Gasteiger charge is 2.13. The van der Waals surface area contributed by atoms with Crippen LogP contribution in [0.15, 0.2) is 18.2 Å². The average molecular weight is 314 g/mol. The minimum Gasteiger partial charge on any atom is -0.481 e. The number of nitrogens with one attached hydrogen (secondary N) is 1. The van der Waals surface area contributed by atoms with Crippen molar-refractivity contribution in [2.24, 2.45) is 0 Å². The van der Waals surface area contributed by atoms with E-state index in [4.69, 9.17) is 21.8 Å². The predicted octanol–water partition coefficient (Wildman–Crippen LogP) is 2.53. The lowest BCUT2D eigenvalue weighted by Crippen LogP contribution is -2.18. The molecule has 1 aliphatic heterocycles. The molecule has 0 radical (unpaired) electrons. The molecular weight excluding hydrogens is 294 g/mol. The molecule has 0 saturated carbocycles. The molecule has 0 saturated heterocycles. The van der Waals surface area contributed by atoms with E-state index in [9.17, 15) is 9.59 Å². The molecule has 6 heteroatoms. The molecule has 3 N–H and O–H groups in total. The van der Waals surface area contributed by atoms with Crippen molar-refractivity contribution in [3.8, 4) is 0 Å². The maximum atomic E-state index is 9.64. The van der Waals surface area contributed by atoms with Crippen molar-refractivity contribution in [1.82, 2.24) is 5.32 Å². The number of carboxylic acid groups (broad SMARTS) is 2. The fourth-order valence-corrected chi connectivity index (χ4v) is 2.30. The van der Waals surface area contributed by atoms with Gasteiger partial charge in [0.2, 0.25) is 0 Å². The van der Waals surface area contributed by atoms with Crippen molar-refractivity contribution in [3.63, 3.8) is 0 Å². The summed E-state index contributed by atoms with van der Waals surface area (Å²) in [4.78, 5) is 19.3. The van der Waals surface area contributed by atoms with Crippen molar-refractivity contribution >= 4 is 23.5 Å². The van der Waals surface area contributed by atoms with Crippen molar-refractivity contribution in [1.29, 1.82) is 0 Å². The van der Waals surface area contributed by atoms with E-state index in [1.807, 2.05) is 6.07 Å². The highest BCUT2D eigenvalue weighted by molar-refractivity contribution is 6.30. The third kappa shape index (κ3) is 6.60. The molecular formula is C15H20ClNO4. The van der Waals surface area contributed by atoms with Crippen LogP contribution >= 0.6 is 11.6 Å². The lowest BCUT2D eigenvalue weighted by molar-refractivity contribution is -0.143. The summed E-state index contributed by atoms with van der Waals surface area (Å²) in [6.07, 6.45) is 0.529. The van der Waals surface area contributed by atoms with Gasteiger partial charge in [-0.05, 0) is 42.1 Å². The summed E-state index contributed by atoms with van der Waals surface area (Å²) in [6.45, 7) is 4.39. The Kier molecular flexibility index (Phi) is 7.19. The standard InChI is InChI=1S/C11H14ClN.C4H6O4/c1-8-7-13-5-4-9-2-3-10(12)6-11(8)9;5-3(6)1-2-4(7)8/h2-3,6,8,13H,4-5,7H2,1H3;1-2H2,(H,5,6)(H,7,8)/t8-;/m0./s1. The van der Waals surface area contributed by atoms with Crippen LogP contribution in [0.2, 0.25) is 5.02 Å². The number of fused-ring (bicyclic) bond motifs is 1. The summed E-state index contributed by atoms with van der Waals surface area (Å²) < 4.78 is 0. The smallest absolute Gasteiger partial charge is 0.303 e. The van der Waals surface area contributed by atoms with Gasteiger partial charge in [0.15, 0.2) is 0 Å². The molecule has 0 spiro atoms. The first-order chi connectivity index (χ1) is 9.90. The van der Waals surface area contributed by atoms with E-state index >= 15 is 0 Å². The number of carbonyl (C=O) groups is 2. The van der Waals surface area contributed by atoms with Gasteiger partial charge in [-0.2, -0.15) is 0 Å². The molecule has 0 fully saturated rings. The van der Waals surface area contributed by atoms with Crippen LogP contribution in [0.25, 0.3) is 0 Å². The van der Waals surface area contributed by atoms with Crippen molar-refractivity contribution < 1.29 is 19.8 Å². The molecule has 1 aliphatic rings. The number of hydrogen-bond acceptors (Lipinski definition) is 3. The second kappa shape index (κ2) is 8.64. The van der Waals surface area contributed by atoms with E-state index < -0.39 is 11.9 Å². The minimum absolute atomic E-state index is 0.296. The molecule has 0 aliphatic carbocycles. The molecule has 0 unspecified atom stereocenters. The second-order valence-corrected chi connectivity index (χ2v) is 5.42. The molecule has 0 bridgehead atoms. The quantitative estimate of drug-likeness (QED) is 0.798. The summed E-state index contributed by atoms with van der Waals surface area (Å²) in [5.41, 5.74) is 2.86. The zero-order valence-corrected chi connectivity index (χ0v) is 12.7. The monoisotopic (exact) mass is 313 g/mol. The SMILES string of the molecule is C[C@H]1CNCCc2ccc(Cl)cc21.O=C(O)CCC(=O)O. The zero-order chi connectivity index (χ0) is 15.8. The number of aliphatic carboxylic acids is 2. The van der Waals surface area contributed by atoms with Gasteiger partial charge in [0.05, 0.1) is 12.8 Å². The molecule has 0 aromatic heterocycles. The van der Waals surface area contributed by atoms with Crippen LogP contribution in [0.1, 0.15) is 36.8 Å². The van der Waals surface area contributed by atoms with E-state index in [0.717, 1.165) is 24.5 Å². The van der Waals surface area contributed by atoms with Gasteiger partial charge in [-0.3, -0.25) is 9.59 Å². The fourth-order valence-electron chi connectivity index (χ4n) is 2.12. The van der Waals surface area contributed by atoms with E-state index in [-0.39, 0.29) is 12.8 Å². The van der Waals surface area contributed by atoms with E-state index in [0.29, 0.717) is 5.92 Å². The Hall–Kier alpha value is -1.59. The predicted molar refractivity (Wildman–Crippen MR) is 80.9 cm³/mol. The third-order valence-corrected chi connectivity index (χ3v) is 3.45. The number of benzene rings is 1. The van der Waals surface area contributed by atoms with Gasteiger partial charge >= 0.3 is 11.9 Å². The Labute approximate surface area is 128 Å². The van der Waals surface area contributed by atoms with Crippen LogP contribution in [0, 0.1) is 0 Å². The van der Waals surface area contributed by atoms with Crippen LogP contribution in [-0.4, -0.2) is 35.2 Å². The lowest BCUT2D eigenvalue weighted by atomic mass is 9.96. The molecule has 116 valence electrons. The Balaban J connectivity index is 0.000000240. The maximum Gasteiger partial charge on any atom is 0.303 e. The lowest BCUT2D eigenvalue weighted by Gasteiger charge is -2.11. The number of carboxylic acids is 2. The highest BCUT2D eigenvalue weighted by atomic mass is 35.5. The Morgan fingerprint density at radius 2 is 1.90 bits per heavy atom. The molecule has 21 heavy (non-hydrogen) atoms. The Morgan fingerprint density at radius 1 is 1.29 bits per heavy atom. The van der Waals surface area contributed by atoms with Crippen molar-refractivity contribution in [2.45, 2.75) is 32.1 Å². The zero-order valence-electron chi connectivity index (χ0n) is 11.9. The van der Waals surface area contributed by atoms with Crippen LogP contribution in [0.3, 0.4) is 0 Å². The van der Waals surface area contributed by atoms with Gasteiger partial charge in [-0.1, -0.05) is 24.6 Å². The molecule has 5 nitrogen and oxygen atoms in total. The van der Waals surface area contributed by atoms with Gasteiger partial charge in [-0.15, -0.1) is 0 Å². The van der Waals surface area contributed by atoms with Gasteiger partial charge in [0.1, 0.15) is 0 Å². The van der Waals surface area contributed by atoms with Crippen LogP contribution in [0.5, 0.6) is 0 Å². The van der Waals surface area contributed by atoms with Gasteiger partial charge in [0, 0.05) is 11.6 Å². The van der Waals surface area contributed by atoms with Gasteiger partial charge in [-0.25, -0.2) is 0 Å². The molecule has 1 aromatic carbocycles. The first kappa shape index (κ1) is 17.5. The first-order valence-electron chi connectivity index (χ1n) is 6.82. The third-order valence-electron chi connectivity index (χ3n) is 3.21. The molecule has 1 heterocycles. The van der Waals surface area contributed by atoms with Gasteiger partial charge < -0.3 is 15.5 Å². The summed E-state index contributed by atoms with van der Waals surface area (Å²) in [7, 11) is 0. The normalized spacial score (nSPS) is 17.0. The van der Waals surface area contributed by atoms with Crippen molar-refractivity contribution in [2.75, 3.05) is 13.1 Å². The van der Waals surface area contributed by atoms with Crippen LogP contribution < -0.4 is 5.32 Å². The molecule has 2 rings (SSSR count). The summed E-state index contributed by atoms with van der Waals surface area (Å²) in [6, 6.07) is 6.24. The summed E-state index contributed by atoms with van der Waals surface area (Å²) in [5, 5.41) is 20.1. The molecule has 1 aromatic rings. The summed E-state index contributed by atoms with van der Waals surface area (Å²) in [5.74, 6) is -1.57. The van der Waals surface area contributed by atoms with Crippen molar-refractivity contribution in [3.05, 3.63) is 34.3 Å². The van der Waals surface area contributed by atoms with Crippen LogP contribution in [-0.2, 0) is 16.0 Å². The average Bonchev–Trinajstić information content (AvgIpc) is 2.60. The molecule has 0 amide bonds. The Morgan fingerprint density at radius 3 is 2.48 bits per heavy atom. The molecule has 1 atom stereocenters. The number of rotatable bonds is 3. The topological polar surface area (TPSA) is 86.6 Å². The van der Waals surface area contributed by atoms with E-state index in [2.05, 4.69) is 24.4 Å². The minimum atomic E-state index is -1.08.